The molecule has 2 aromatic rings. The van der Waals surface area contributed by atoms with Gasteiger partial charge in [0, 0.05) is 24.9 Å². The number of piperidine rings is 1. The SMILES string of the molecule is CN1CCC(N(C)C(=O)c2csc(NC(=O)CCc3ccccc3)n2)CC1. The van der Waals surface area contributed by atoms with Crippen LogP contribution in [0.2, 0.25) is 0 Å². The molecule has 1 fully saturated rings. The third-order valence-electron chi connectivity index (χ3n) is 5.01. The monoisotopic (exact) mass is 386 g/mol. The van der Waals surface area contributed by atoms with Gasteiger partial charge in [-0.15, -0.1) is 11.3 Å². The Labute approximate surface area is 164 Å². The molecule has 3 rings (SSSR count). The van der Waals surface area contributed by atoms with Gasteiger partial charge in [-0.25, -0.2) is 4.98 Å². The molecule has 7 heteroatoms. The molecule has 0 atom stereocenters. The molecule has 2 heterocycles. The first-order valence-electron chi connectivity index (χ1n) is 9.28. The summed E-state index contributed by atoms with van der Waals surface area (Å²) in [4.78, 5) is 33.2. The van der Waals surface area contributed by atoms with Crippen LogP contribution in [0.1, 0.15) is 35.3 Å². The van der Waals surface area contributed by atoms with Crippen molar-refractivity contribution in [1.29, 1.82) is 0 Å². The fraction of sp³-hybridized carbons (Fsp3) is 0.450. The number of amides is 2. The molecule has 0 spiro atoms. The number of aromatic nitrogens is 1. The molecule has 0 saturated carbocycles. The van der Waals surface area contributed by atoms with Crippen LogP contribution in [0.4, 0.5) is 5.13 Å². The van der Waals surface area contributed by atoms with Crippen molar-refractivity contribution in [1.82, 2.24) is 14.8 Å². The number of nitrogens with one attached hydrogen (secondary N) is 1. The number of hydrogen-bond donors (Lipinski definition) is 1. The molecule has 1 aromatic carbocycles. The van der Waals surface area contributed by atoms with Crippen molar-refractivity contribution in [3.63, 3.8) is 0 Å². The van der Waals surface area contributed by atoms with Gasteiger partial charge in [0.15, 0.2) is 5.13 Å². The van der Waals surface area contributed by atoms with Gasteiger partial charge >= 0.3 is 0 Å². The molecule has 1 aliphatic rings. The third kappa shape index (κ3) is 5.37. The number of carbonyl (C=O) groups is 2. The van der Waals surface area contributed by atoms with Crippen LogP contribution in [0, 0.1) is 0 Å². The van der Waals surface area contributed by atoms with Crippen LogP contribution in [0.5, 0.6) is 0 Å². The first kappa shape index (κ1) is 19.5. The maximum absolute atomic E-state index is 12.7. The van der Waals surface area contributed by atoms with E-state index < -0.39 is 0 Å². The summed E-state index contributed by atoms with van der Waals surface area (Å²) in [6.45, 7) is 2.00. The molecule has 1 saturated heterocycles. The maximum atomic E-state index is 12.7. The van der Waals surface area contributed by atoms with Gasteiger partial charge in [-0.1, -0.05) is 30.3 Å². The Morgan fingerprint density at radius 2 is 1.96 bits per heavy atom. The zero-order valence-electron chi connectivity index (χ0n) is 15.9. The highest BCUT2D eigenvalue weighted by molar-refractivity contribution is 7.14. The molecule has 0 radical (unpaired) electrons. The van der Waals surface area contributed by atoms with Crippen LogP contribution >= 0.6 is 11.3 Å². The summed E-state index contributed by atoms with van der Waals surface area (Å²) in [5, 5.41) is 5.01. The molecule has 2 amide bonds. The Kier molecular flexibility index (Phi) is 6.58. The van der Waals surface area contributed by atoms with Gasteiger partial charge in [-0.2, -0.15) is 0 Å². The number of likely N-dealkylation sites (tertiary alicyclic amines) is 1. The first-order valence-corrected chi connectivity index (χ1v) is 10.2. The highest BCUT2D eigenvalue weighted by Gasteiger charge is 2.26. The zero-order chi connectivity index (χ0) is 19.2. The lowest BCUT2D eigenvalue weighted by Crippen LogP contribution is -2.44. The minimum atomic E-state index is -0.0872. The van der Waals surface area contributed by atoms with Crippen molar-refractivity contribution in [3.05, 3.63) is 47.0 Å². The normalized spacial score (nSPS) is 15.5. The summed E-state index contributed by atoms with van der Waals surface area (Å²) in [6, 6.07) is 10.2. The molecule has 27 heavy (non-hydrogen) atoms. The molecule has 1 aromatic heterocycles. The summed E-state index contributed by atoms with van der Waals surface area (Å²) >= 11 is 1.29. The summed E-state index contributed by atoms with van der Waals surface area (Å²) in [5.74, 6) is -0.165. The maximum Gasteiger partial charge on any atom is 0.273 e. The minimum absolute atomic E-state index is 0.0782. The van der Waals surface area contributed by atoms with Gasteiger partial charge in [-0.05, 0) is 45.0 Å². The summed E-state index contributed by atoms with van der Waals surface area (Å²) in [7, 11) is 3.95. The molecule has 1 N–H and O–H groups in total. The van der Waals surface area contributed by atoms with Crippen LogP contribution in [0.15, 0.2) is 35.7 Å². The zero-order valence-corrected chi connectivity index (χ0v) is 16.7. The van der Waals surface area contributed by atoms with Crippen LogP contribution in [0.25, 0.3) is 0 Å². The van der Waals surface area contributed by atoms with E-state index in [1.807, 2.05) is 37.4 Å². The molecule has 0 unspecified atom stereocenters. The number of thiazole rings is 1. The molecular weight excluding hydrogens is 360 g/mol. The van der Waals surface area contributed by atoms with E-state index in [1.54, 1.807) is 10.3 Å². The summed E-state index contributed by atoms with van der Waals surface area (Å²) in [6.07, 6.45) is 3.03. The smallest absolute Gasteiger partial charge is 0.273 e. The quantitative estimate of drug-likeness (QED) is 0.829. The van der Waals surface area contributed by atoms with Gasteiger partial charge in [0.2, 0.25) is 5.91 Å². The lowest BCUT2D eigenvalue weighted by molar-refractivity contribution is -0.116. The molecule has 6 nitrogen and oxygen atoms in total. The number of nitrogens with zero attached hydrogens (tertiary/aromatic N) is 3. The lowest BCUT2D eigenvalue weighted by Gasteiger charge is -2.34. The minimum Gasteiger partial charge on any atom is -0.337 e. The number of anilines is 1. The Bertz CT molecular complexity index is 769. The fourth-order valence-electron chi connectivity index (χ4n) is 3.24. The summed E-state index contributed by atoms with van der Waals surface area (Å²) in [5.41, 5.74) is 1.53. The Balaban J connectivity index is 1.51. The average Bonchev–Trinajstić information content (AvgIpc) is 3.15. The van der Waals surface area contributed by atoms with E-state index in [0.717, 1.165) is 31.5 Å². The van der Waals surface area contributed by atoms with Crippen molar-refractivity contribution < 1.29 is 9.59 Å². The van der Waals surface area contributed by atoms with Crippen molar-refractivity contribution in [2.75, 3.05) is 32.5 Å². The lowest BCUT2D eigenvalue weighted by atomic mass is 10.0. The molecule has 144 valence electrons. The predicted octanol–water partition coefficient (Wildman–Crippen LogP) is 2.88. The highest BCUT2D eigenvalue weighted by Crippen LogP contribution is 2.20. The fourth-order valence-corrected chi connectivity index (χ4v) is 3.94. The predicted molar refractivity (Wildman–Crippen MR) is 108 cm³/mol. The van der Waals surface area contributed by atoms with E-state index in [0.29, 0.717) is 23.7 Å². The van der Waals surface area contributed by atoms with Gasteiger partial charge in [0.1, 0.15) is 5.69 Å². The van der Waals surface area contributed by atoms with Gasteiger partial charge < -0.3 is 15.1 Å². The second-order valence-electron chi connectivity index (χ2n) is 7.02. The average molecular weight is 387 g/mol. The van der Waals surface area contributed by atoms with E-state index in [1.165, 1.54) is 11.3 Å². The number of aryl methyl sites for hydroxylation is 1. The largest absolute Gasteiger partial charge is 0.337 e. The number of rotatable bonds is 6. The van der Waals surface area contributed by atoms with Crippen LogP contribution in [-0.2, 0) is 11.2 Å². The highest BCUT2D eigenvalue weighted by atomic mass is 32.1. The van der Waals surface area contributed by atoms with Crippen LogP contribution < -0.4 is 5.32 Å². The second-order valence-corrected chi connectivity index (χ2v) is 7.88. The third-order valence-corrected chi connectivity index (χ3v) is 5.77. The number of benzene rings is 1. The van der Waals surface area contributed by atoms with Crippen molar-refractivity contribution in [2.24, 2.45) is 0 Å². The Hall–Kier alpha value is -2.25. The first-order chi connectivity index (χ1) is 13.0. The van der Waals surface area contributed by atoms with Gasteiger partial charge in [0.05, 0.1) is 0 Å². The van der Waals surface area contributed by atoms with E-state index >= 15 is 0 Å². The van der Waals surface area contributed by atoms with Gasteiger partial charge in [0.25, 0.3) is 5.91 Å². The van der Waals surface area contributed by atoms with Crippen LogP contribution in [-0.4, -0.2) is 59.8 Å². The molecular formula is C20H26N4O2S. The Morgan fingerprint density at radius 1 is 1.26 bits per heavy atom. The molecule has 1 aliphatic heterocycles. The van der Waals surface area contributed by atoms with E-state index in [4.69, 9.17) is 0 Å². The number of hydrogen-bond acceptors (Lipinski definition) is 5. The van der Waals surface area contributed by atoms with Gasteiger partial charge in [-0.3, -0.25) is 9.59 Å². The topological polar surface area (TPSA) is 65.5 Å². The molecule has 0 aliphatic carbocycles. The van der Waals surface area contributed by atoms with Crippen LogP contribution in [0.3, 0.4) is 0 Å². The summed E-state index contributed by atoms with van der Waals surface area (Å²) < 4.78 is 0. The van der Waals surface area contributed by atoms with Crippen molar-refractivity contribution in [3.8, 4) is 0 Å². The Morgan fingerprint density at radius 3 is 2.67 bits per heavy atom. The van der Waals surface area contributed by atoms with Crippen molar-refractivity contribution >= 4 is 28.3 Å². The van der Waals surface area contributed by atoms with E-state index in [9.17, 15) is 9.59 Å². The van der Waals surface area contributed by atoms with E-state index in [-0.39, 0.29) is 17.9 Å². The van der Waals surface area contributed by atoms with E-state index in [2.05, 4.69) is 22.2 Å². The van der Waals surface area contributed by atoms with Crippen molar-refractivity contribution in [2.45, 2.75) is 31.7 Å². The standard InChI is InChI=1S/C20H26N4O2S/c1-23-12-10-16(11-13-23)24(2)19(26)17-14-27-20(21-17)22-18(25)9-8-15-6-4-3-5-7-15/h3-7,14,16H,8-13H2,1-2H3,(H,21,22,25). The second kappa shape index (κ2) is 9.10. The number of carbonyl (C=O) groups excluding carboxylic acids is 2. The molecule has 0 bridgehead atoms.